The van der Waals surface area contributed by atoms with Crippen LogP contribution in [0.2, 0.25) is 0 Å². The fourth-order valence-corrected chi connectivity index (χ4v) is 1.28. The van der Waals surface area contributed by atoms with Crippen LogP contribution in [0.25, 0.3) is 0 Å². The Bertz CT molecular complexity index is 268. The second kappa shape index (κ2) is 2.35. The van der Waals surface area contributed by atoms with E-state index in [1.807, 2.05) is 0 Å². The Morgan fingerprint density at radius 1 is 1.64 bits per heavy atom. The average molecular weight is 149 g/mol. The summed E-state index contributed by atoms with van der Waals surface area (Å²) < 4.78 is 5.00. The highest BCUT2D eigenvalue weighted by Gasteiger charge is 2.33. The molecule has 0 saturated heterocycles. The van der Waals surface area contributed by atoms with Gasteiger partial charge in [-0.15, -0.1) is 10.2 Å². The lowest BCUT2D eigenvalue weighted by molar-refractivity contribution is 0.277. The summed E-state index contributed by atoms with van der Waals surface area (Å²) in [6, 6.07) is 2.20. The maximum atomic E-state index is 8.48. The van der Waals surface area contributed by atoms with E-state index in [0.717, 1.165) is 12.8 Å². The fourth-order valence-electron chi connectivity index (χ4n) is 1.28. The van der Waals surface area contributed by atoms with E-state index in [1.54, 1.807) is 0 Å². The Kier molecular flexibility index (Phi) is 1.35. The largest absolute Gasteiger partial charge is 0.428 e. The summed E-state index contributed by atoms with van der Waals surface area (Å²) in [5.74, 6) is 1.21. The van der Waals surface area contributed by atoms with E-state index < -0.39 is 0 Å². The van der Waals surface area contributed by atoms with Gasteiger partial charge in [0.2, 0.25) is 12.3 Å². The third-order valence-corrected chi connectivity index (χ3v) is 2.05. The van der Waals surface area contributed by atoms with Crippen LogP contribution >= 0.6 is 0 Å². The first-order valence-electron chi connectivity index (χ1n) is 3.56. The third kappa shape index (κ3) is 0.984. The molecular formula is C7H7N3O. The highest BCUT2D eigenvalue weighted by molar-refractivity contribution is 5.04. The average Bonchev–Trinajstić information content (AvgIpc) is 2.37. The fraction of sp³-hybridized carbons (Fsp3) is 0.571. The van der Waals surface area contributed by atoms with Crippen LogP contribution < -0.4 is 0 Å². The molecular weight excluding hydrogens is 142 g/mol. The quantitative estimate of drug-likeness (QED) is 0.599. The summed E-state index contributed by atoms with van der Waals surface area (Å²) in [6.07, 6.45) is 3.08. The molecule has 0 aromatic carbocycles. The standard InChI is InChI=1S/C7H7N3O/c8-3-5-1-6(2-5)7-10-9-4-11-7/h4-6H,1-2H2. The van der Waals surface area contributed by atoms with Crippen LogP contribution in [-0.2, 0) is 0 Å². The van der Waals surface area contributed by atoms with E-state index in [2.05, 4.69) is 16.3 Å². The molecule has 4 nitrogen and oxygen atoms in total. The maximum Gasteiger partial charge on any atom is 0.219 e. The molecule has 0 aliphatic heterocycles. The minimum atomic E-state index is 0.201. The van der Waals surface area contributed by atoms with E-state index in [9.17, 15) is 0 Å². The van der Waals surface area contributed by atoms with Crippen LogP contribution in [-0.4, -0.2) is 10.2 Å². The van der Waals surface area contributed by atoms with Gasteiger partial charge in [-0.3, -0.25) is 0 Å². The van der Waals surface area contributed by atoms with Crippen molar-refractivity contribution in [3.05, 3.63) is 12.3 Å². The smallest absolute Gasteiger partial charge is 0.219 e. The van der Waals surface area contributed by atoms with Gasteiger partial charge in [-0.2, -0.15) is 5.26 Å². The predicted octanol–water partition coefficient (Wildman–Crippen LogP) is 1.09. The van der Waals surface area contributed by atoms with Crippen molar-refractivity contribution in [1.29, 1.82) is 5.26 Å². The molecule has 0 unspecified atom stereocenters. The highest BCUT2D eigenvalue weighted by atomic mass is 16.4. The van der Waals surface area contributed by atoms with E-state index >= 15 is 0 Å². The van der Waals surface area contributed by atoms with Crippen molar-refractivity contribution in [1.82, 2.24) is 10.2 Å². The maximum absolute atomic E-state index is 8.48. The van der Waals surface area contributed by atoms with Crippen molar-refractivity contribution in [2.75, 3.05) is 0 Å². The second-order valence-corrected chi connectivity index (χ2v) is 2.77. The van der Waals surface area contributed by atoms with Gasteiger partial charge < -0.3 is 4.42 Å². The van der Waals surface area contributed by atoms with E-state index in [0.29, 0.717) is 11.8 Å². The van der Waals surface area contributed by atoms with Gasteiger partial charge in [0.25, 0.3) is 0 Å². The van der Waals surface area contributed by atoms with Crippen LogP contribution in [0.5, 0.6) is 0 Å². The van der Waals surface area contributed by atoms with Crippen LogP contribution in [0.15, 0.2) is 10.8 Å². The van der Waals surface area contributed by atoms with Crippen LogP contribution in [0, 0.1) is 17.2 Å². The Labute approximate surface area is 63.8 Å². The highest BCUT2D eigenvalue weighted by Crippen LogP contribution is 2.39. The van der Waals surface area contributed by atoms with E-state index in [4.69, 9.17) is 9.68 Å². The summed E-state index contributed by atoms with van der Waals surface area (Å²) in [6.45, 7) is 0. The summed E-state index contributed by atoms with van der Waals surface area (Å²) in [5.41, 5.74) is 0. The van der Waals surface area contributed by atoms with Gasteiger partial charge in [-0.1, -0.05) is 0 Å². The molecule has 0 radical (unpaired) electrons. The predicted molar refractivity (Wildman–Crippen MR) is 35.4 cm³/mol. The summed E-state index contributed by atoms with van der Waals surface area (Å²) in [7, 11) is 0. The first-order valence-corrected chi connectivity index (χ1v) is 3.56. The third-order valence-electron chi connectivity index (χ3n) is 2.05. The molecule has 1 saturated carbocycles. The molecule has 0 atom stereocenters. The molecule has 1 aromatic rings. The second-order valence-electron chi connectivity index (χ2n) is 2.77. The van der Waals surface area contributed by atoms with Crippen molar-refractivity contribution >= 4 is 0 Å². The zero-order valence-corrected chi connectivity index (χ0v) is 5.90. The Morgan fingerprint density at radius 2 is 2.45 bits per heavy atom. The molecule has 0 bridgehead atoms. The molecule has 0 amide bonds. The molecule has 4 heteroatoms. The lowest BCUT2D eigenvalue weighted by atomic mass is 9.76. The molecule has 2 rings (SSSR count). The van der Waals surface area contributed by atoms with Gasteiger partial charge in [-0.05, 0) is 12.8 Å². The number of nitrogens with zero attached hydrogens (tertiary/aromatic N) is 3. The van der Waals surface area contributed by atoms with Crippen LogP contribution in [0.4, 0.5) is 0 Å². The molecule has 1 heterocycles. The van der Waals surface area contributed by atoms with Crippen molar-refractivity contribution in [3.63, 3.8) is 0 Å². The Morgan fingerprint density at radius 3 is 3.00 bits per heavy atom. The van der Waals surface area contributed by atoms with Crippen molar-refractivity contribution in [3.8, 4) is 6.07 Å². The zero-order chi connectivity index (χ0) is 7.68. The van der Waals surface area contributed by atoms with Crippen molar-refractivity contribution in [2.24, 2.45) is 5.92 Å². The van der Waals surface area contributed by atoms with E-state index in [-0.39, 0.29) is 5.92 Å². The first kappa shape index (κ1) is 6.35. The minimum Gasteiger partial charge on any atom is -0.428 e. The minimum absolute atomic E-state index is 0.201. The van der Waals surface area contributed by atoms with Crippen LogP contribution in [0.3, 0.4) is 0 Å². The number of nitriles is 1. The van der Waals surface area contributed by atoms with Gasteiger partial charge in [0, 0.05) is 11.8 Å². The van der Waals surface area contributed by atoms with E-state index in [1.165, 1.54) is 6.39 Å². The Balaban J connectivity index is 1.99. The summed E-state index contributed by atoms with van der Waals surface area (Å²) in [5, 5.41) is 15.8. The lowest BCUT2D eigenvalue weighted by Crippen LogP contribution is -2.20. The monoisotopic (exact) mass is 149 g/mol. The number of hydrogen-bond acceptors (Lipinski definition) is 4. The molecule has 1 aliphatic rings. The van der Waals surface area contributed by atoms with Gasteiger partial charge in [0.05, 0.1) is 6.07 Å². The molecule has 1 aromatic heterocycles. The normalized spacial score (nSPS) is 29.0. The molecule has 1 fully saturated rings. The first-order chi connectivity index (χ1) is 5.40. The molecule has 1 aliphatic carbocycles. The zero-order valence-electron chi connectivity index (χ0n) is 5.90. The van der Waals surface area contributed by atoms with Gasteiger partial charge >= 0.3 is 0 Å². The number of hydrogen-bond donors (Lipinski definition) is 0. The summed E-state index contributed by atoms with van der Waals surface area (Å²) in [4.78, 5) is 0. The molecule has 56 valence electrons. The van der Waals surface area contributed by atoms with Crippen LogP contribution in [0.1, 0.15) is 24.7 Å². The molecule has 0 spiro atoms. The molecule has 11 heavy (non-hydrogen) atoms. The Hall–Kier alpha value is -1.37. The van der Waals surface area contributed by atoms with Gasteiger partial charge in [0.1, 0.15) is 0 Å². The van der Waals surface area contributed by atoms with Crippen molar-refractivity contribution < 1.29 is 4.42 Å². The summed E-state index contributed by atoms with van der Waals surface area (Å²) >= 11 is 0. The topological polar surface area (TPSA) is 62.7 Å². The van der Waals surface area contributed by atoms with Gasteiger partial charge in [-0.25, -0.2) is 0 Å². The van der Waals surface area contributed by atoms with Gasteiger partial charge in [0.15, 0.2) is 0 Å². The van der Waals surface area contributed by atoms with Crippen molar-refractivity contribution in [2.45, 2.75) is 18.8 Å². The SMILES string of the molecule is N#CC1CC(c2nnco2)C1. The number of aromatic nitrogens is 2. The number of rotatable bonds is 1. The lowest BCUT2D eigenvalue weighted by Gasteiger charge is -2.26. The molecule has 0 N–H and O–H groups in total.